The lowest BCUT2D eigenvalue weighted by Gasteiger charge is -2.34. The molecule has 1 aromatic carbocycles. The predicted molar refractivity (Wildman–Crippen MR) is 102 cm³/mol. The third-order valence-electron chi connectivity index (χ3n) is 3.92. The predicted octanol–water partition coefficient (Wildman–Crippen LogP) is 3.51. The van der Waals surface area contributed by atoms with E-state index < -0.39 is 10.0 Å². The summed E-state index contributed by atoms with van der Waals surface area (Å²) in [6, 6.07) is 11.0. The summed E-state index contributed by atoms with van der Waals surface area (Å²) in [4.78, 5) is 6.21. The average molecular weight is 398 g/mol. The van der Waals surface area contributed by atoms with Crippen LogP contribution in [0, 0.1) is 0 Å². The maximum Gasteiger partial charge on any atom is 0.236 e. The van der Waals surface area contributed by atoms with Crippen LogP contribution in [0.2, 0.25) is 10.0 Å². The van der Waals surface area contributed by atoms with Crippen molar-refractivity contribution in [2.45, 2.75) is 0 Å². The van der Waals surface area contributed by atoms with Gasteiger partial charge >= 0.3 is 0 Å². The van der Waals surface area contributed by atoms with Crippen molar-refractivity contribution in [1.29, 1.82) is 0 Å². The Morgan fingerprint density at radius 2 is 1.72 bits per heavy atom. The quantitative estimate of drug-likeness (QED) is 0.791. The second kappa shape index (κ2) is 7.74. The highest BCUT2D eigenvalue weighted by Gasteiger charge is 2.26. The van der Waals surface area contributed by atoms with Gasteiger partial charge < -0.3 is 4.90 Å². The van der Waals surface area contributed by atoms with Crippen LogP contribution in [-0.4, -0.2) is 43.9 Å². The van der Waals surface area contributed by atoms with E-state index in [9.17, 15) is 8.42 Å². The van der Waals surface area contributed by atoms with Gasteiger partial charge in [0.25, 0.3) is 0 Å². The SMILES string of the molecule is O=S(=O)(C=Cc1ccccc1)N1CCN(c2ncc(Cl)cc2Cl)CC1. The molecule has 1 saturated heterocycles. The van der Waals surface area contributed by atoms with E-state index in [2.05, 4.69) is 4.98 Å². The fourth-order valence-electron chi connectivity index (χ4n) is 2.61. The zero-order valence-corrected chi connectivity index (χ0v) is 15.7. The number of aromatic nitrogens is 1. The maximum absolute atomic E-state index is 12.5. The van der Waals surface area contributed by atoms with Gasteiger partial charge in [-0.1, -0.05) is 53.5 Å². The van der Waals surface area contributed by atoms with Crippen LogP contribution < -0.4 is 4.90 Å². The van der Waals surface area contributed by atoms with E-state index in [0.29, 0.717) is 42.0 Å². The molecule has 0 radical (unpaired) electrons. The highest BCUT2D eigenvalue weighted by molar-refractivity contribution is 7.92. The van der Waals surface area contributed by atoms with Crippen LogP contribution in [0.5, 0.6) is 0 Å². The summed E-state index contributed by atoms with van der Waals surface area (Å²) in [7, 11) is -3.45. The molecule has 1 aromatic heterocycles. The van der Waals surface area contributed by atoms with Crippen molar-refractivity contribution in [3.8, 4) is 0 Å². The molecule has 1 fully saturated rings. The number of sulfonamides is 1. The van der Waals surface area contributed by atoms with E-state index >= 15 is 0 Å². The minimum absolute atomic E-state index is 0.377. The van der Waals surface area contributed by atoms with E-state index in [-0.39, 0.29) is 0 Å². The van der Waals surface area contributed by atoms with Crippen molar-refractivity contribution in [1.82, 2.24) is 9.29 Å². The van der Waals surface area contributed by atoms with Gasteiger partial charge in [-0.25, -0.2) is 13.4 Å². The van der Waals surface area contributed by atoms with E-state index in [1.54, 1.807) is 12.1 Å². The zero-order valence-electron chi connectivity index (χ0n) is 13.3. The van der Waals surface area contributed by atoms with E-state index in [4.69, 9.17) is 23.2 Å². The maximum atomic E-state index is 12.5. The lowest BCUT2D eigenvalue weighted by molar-refractivity contribution is 0.389. The molecule has 0 spiro atoms. The van der Waals surface area contributed by atoms with Crippen molar-refractivity contribution in [2.24, 2.45) is 0 Å². The lowest BCUT2D eigenvalue weighted by Crippen LogP contribution is -2.48. The van der Waals surface area contributed by atoms with Gasteiger partial charge in [0.1, 0.15) is 5.82 Å². The number of hydrogen-bond acceptors (Lipinski definition) is 4. The molecule has 25 heavy (non-hydrogen) atoms. The number of halogens is 2. The molecule has 2 heterocycles. The van der Waals surface area contributed by atoms with Crippen LogP contribution in [0.1, 0.15) is 5.56 Å². The van der Waals surface area contributed by atoms with Gasteiger partial charge in [0, 0.05) is 37.8 Å². The largest absolute Gasteiger partial charge is 0.353 e. The Morgan fingerprint density at radius 3 is 2.36 bits per heavy atom. The monoisotopic (exact) mass is 397 g/mol. The van der Waals surface area contributed by atoms with Gasteiger partial charge in [-0.05, 0) is 17.7 Å². The van der Waals surface area contributed by atoms with Gasteiger partial charge in [-0.3, -0.25) is 0 Å². The Bertz CT molecular complexity index is 865. The highest BCUT2D eigenvalue weighted by atomic mass is 35.5. The molecule has 0 saturated carbocycles. The Hall–Kier alpha value is -1.60. The molecule has 0 atom stereocenters. The molecule has 3 rings (SSSR count). The molecule has 0 bridgehead atoms. The molecule has 0 amide bonds. The van der Waals surface area contributed by atoms with Crippen LogP contribution in [0.15, 0.2) is 48.0 Å². The number of piperazine rings is 1. The normalized spacial score (nSPS) is 16.5. The van der Waals surface area contributed by atoms with Gasteiger partial charge in [0.2, 0.25) is 10.0 Å². The third kappa shape index (κ3) is 4.52. The Balaban J connectivity index is 1.66. The molecule has 1 aliphatic rings. The molecule has 2 aromatic rings. The second-order valence-corrected chi connectivity index (χ2v) is 8.27. The summed E-state index contributed by atoms with van der Waals surface area (Å²) in [5.41, 5.74) is 0.849. The lowest BCUT2D eigenvalue weighted by atomic mass is 10.2. The van der Waals surface area contributed by atoms with Crippen LogP contribution in [-0.2, 0) is 10.0 Å². The molecule has 0 unspecified atom stereocenters. The summed E-state index contributed by atoms with van der Waals surface area (Å²) in [6.07, 6.45) is 3.15. The standard InChI is InChI=1S/C17H17Cl2N3O2S/c18-15-12-16(19)17(20-13-15)21-7-9-22(10-8-21)25(23,24)11-6-14-4-2-1-3-5-14/h1-6,11-13H,7-10H2. The zero-order chi connectivity index (χ0) is 17.9. The summed E-state index contributed by atoms with van der Waals surface area (Å²) in [5, 5.41) is 2.19. The summed E-state index contributed by atoms with van der Waals surface area (Å²) in [6.45, 7) is 1.80. The Labute approximate surface area is 157 Å². The average Bonchev–Trinajstić information content (AvgIpc) is 2.61. The smallest absolute Gasteiger partial charge is 0.236 e. The van der Waals surface area contributed by atoms with Gasteiger partial charge in [-0.2, -0.15) is 4.31 Å². The summed E-state index contributed by atoms with van der Waals surface area (Å²) in [5.74, 6) is 0.628. The summed E-state index contributed by atoms with van der Waals surface area (Å²) < 4.78 is 26.4. The van der Waals surface area contributed by atoms with Gasteiger partial charge in [-0.15, -0.1) is 0 Å². The van der Waals surface area contributed by atoms with Crippen LogP contribution in [0.3, 0.4) is 0 Å². The molecule has 8 heteroatoms. The fourth-order valence-corrected chi connectivity index (χ4v) is 4.28. The molecular formula is C17H17Cl2N3O2S. The van der Waals surface area contributed by atoms with Crippen LogP contribution >= 0.6 is 23.2 Å². The number of anilines is 1. The Morgan fingerprint density at radius 1 is 1.04 bits per heavy atom. The number of rotatable bonds is 4. The van der Waals surface area contributed by atoms with Gasteiger partial charge in [0.05, 0.1) is 10.0 Å². The number of hydrogen-bond donors (Lipinski definition) is 0. The second-order valence-electron chi connectivity index (χ2n) is 5.60. The minimum Gasteiger partial charge on any atom is -0.353 e. The third-order valence-corrected chi connectivity index (χ3v) is 5.97. The van der Waals surface area contributed by atoms with E-state index in [1.807, 2.05) is 35.2 Å². The first-order valence-electron chi connectivity index (χ1n) is 7.75. The highest BCUT2D eigenvalue weighted by Crippen LogP contribution is 2.27. The van der Waals surface area contributed by atoms with Crippen molar-refractivity contribution >= 4 is 45.1 Å². The number of benzene rings is 1. The van der Waals surface area contributed by atoms with Crippen molar-refractivity contribution in [3.63, 3.8) is 0 Å². The first-order chi connectivity index (χ1) is 12.0. The minimum atomic E-state index is -3.45. The first kappa shape index (κ1) is 18.2. The fraction of sp³-hybridized carbons (Fsp3) is 0.235. The van der Waals surface area contributed by atoms with Crippen molar-refractivity contribution < 1.29 is 8.42 Å². The number of nitrogens with zero attached hydrogens (tertiary/aromatic N) is 3. The molecule has 1 aliphatic heterocycles. The van der Waals surface area contributed by atoms with Crippen molar-refractivity contribution in [2.75, 3.05) is 31.1 Å². The van der Waals surface area contributed by atoms with E-state index in [1.165, 1.54) is 15.9 Å². The molecule has 0 N–H and O–H groups in total. The molecule has 132 valence electrons. The number of pyridine rings is 1. The first-order valence-corrected chi connectivity index (χ1v) is 10.0. The van der Waals surface area contributed by atoms with Crippen molar-refractivity contribution in [3.05, 3.63) is 63.6 Å². The molecular weight excluding hydrogens is 381 g/mol. The van der Waals surface area contributed by atoms with Gasteiger partial charge in [0.15, 0.2) is 0 Å². The molecule has 5 nitrogen and oxygen atoms in total. The van der Waals surface area contributed by atoms with Crippen LogP contribution in [0.25, 0.3) is 6.08 Å². The topological polar surface area (TPSA) is 53.5 Å². The van der Waals surface area contributed by atoms with Crippen LogP contribution in [0.4, 0.5) is 5.82 Å². The Kier molecular flexibility index (Phi) is 5.64. The summed E-state index contributed by atoms with van der Waals surface area (Å²) >= 11 is 12.0. The molecule has 0 aliphatic carbocycles. The van der Waals surface area contributed by atoms with E-state index in [0.717, 1.165) is 5.56 Å².